The Morgan fingerprint density at radius 3 is 2.83 bits per heavy atom. The molecule has 1 amide bonds. The summed E-state index contributed by atoms with van der Waals surface area (Å²) in [6.07, 6.45) is 4.24. The predicted octanol–water partition coefficient (Wildman–Crippen LogP) is 0.801. The maximum Gasteiger partial charge on any atom is 0.248 e. The Labute approximate surface area is 115 Å². The number of piperidine rings is 1. The summed E-state index contributed by atoms with van der Waals surface area (Å²) < 4.78 is 10.1. The largest absolute Gasteiger partial charge is 0.382 e. The Bertz CT molecular complexity index is 227. The highest BCUT2D eigenvalue weighted by Gasteiger charge is 2.25. The first-order chi connectivity index (χ1) is 8.29. The third kappa shape index (κ3) is 6.00. The van der Waals surface area contributed by atoms with Gasteiger partial charge < -0.3 is 20.1 Å². The number of carbonyl (C=O) groups excluding carboxylic acids is 1. The van der Waals surface area contributed by atoms with Crippen LogP contribution >= 0.6 is 12.4 Å². The first-order valence-corrected chi connectivity index (χ1v) is 6.35. The van der Waals surface area contributed by atoms with E-state index in [4.69, 9.17) is 15.2 Å². The Hall–Kier alpha value is -0.360. The van der Waals surface area contributed by atoms with E-state index in [0.29, 0.717) is 25.8 Å². The van der Waals surface area contributed by atoms with Gasteiger partial charge in [0, 0.05) is 19.7 Å². The van der Waals surface area contributed by atoms with Crippen LogP contribution in [0.3, 0.4) is 0 Å². The van der Waals surface area contributed by atoms with Gasteiger partial charge in [-0.2, -0.15) is 0 Å². The topological polar surface area (TPSA) is 64.8 Å². The molecule has 0 radical (unpaired) electrons. The number of likely N-dealkylation sites (tertiary alicyclic amines) is 1. The first-order valence-electron chi connectivity index (χ1n) is 6.35. The second-order valence-corrected chi connectivity index (χ2v) is 4.36. The molecule has 1 unspecified atom stereocenters. The molecule has 2 N–H and O–H groups in total. The van der Waals surface area contributed by atoms with E-state index >= 15 is 0 Å². The van der Waals surface area contributed by atoms with Crippen molar-refractivity contribution in [2.45, 2.75) is 31.7 Å². The Balaban J connectivity index is 0.00000289. The van der Waals surface area contributed by atoms with Crippen LogP contribution < -0.4 is 5.73 Å². The van der Waals surface area contributed by atoms with Crippen molar-refractivity contribution in [3.8, 4) is 0 Å². The van der Waals surface area contributed by atoms with Crippen molar-refractivity contribution in [1.82, 2.24) is 4.90 Å². The molecule has 1 heterocycles. The maximum atomic E-state index is 12.0. The molecule has 0 bridgehead atoms. The quantitative estimate of drug-likeness (QED) is 0.701. The summed E-state index contributed by atoms with van der Waals surface area (Å²) >= 11 is 0. The van der Waals surface area contributed by atoms with Crippen molar-refractivity contribution in [2.24, 2.45) is 5.73 Å². The van der Waals surface area contributed by atoms with E-state index in [2.05, 4.69) is 0 Å². The fourth-order valence-corrected chi connectivity index (χ4v) is 2.21. The summed E-state index contributed by atoms with van der Waals surface area (Å²) in [6, 6.07) is 0.312. The lowest BCUT2D eigenvalue weighted by atomic mass is 9.99. The molecule has 1 fully saturated rings. The van der Waals surface area contributed by atoms with Crippen LogP contribution in [0.2, 0.25) is 0 Å². The number of nitrogens with two attached hydrogens (primary N) is 1. The maximum absolute atomic E-state index is 12.0. The fraction of sp³-hybridized carbons (Fsp3) is 0.917. The van der Waals surface area contributed by atoms with Gasteiger partial charge in [0.2, 0.25) is 5.91 Å². The van der Waals surface area contributed by atoms with E-state index in [1.165, 1.54) is 6.42 Å². The summed E-state index contributed by atoms with van der Waals surface area (Å²) in [6.45, 7) is 2.64. The molecule has 0 aliphatic carbocycles. The molecule has 1 rings (SSSR count). The molecule has 6 heteroatoms. The van der Waals surface area contributed by atoms with Gasteiger partial charge in [0.05, 0.1) is 13.2 Å². The lowest BCUT2D eigenvalue weighted by molar-refractivity contribution is -0.140. The number of hydrogen-bond acceptors (Lipinski definition) is 4. The van der Waals surface area contributed by atoms with Gasteiger partial charge in [-0.1, -0.05) is 0 Å². The molecular weight excluding hydrogens is 256 g/mol. The van der Waals surface area contributed by atoms with Crippen molar-refractivity contribution >= 4 is 18.3 Å². The molecule has 108 valence electrons. The highest BCUT2D eigenvalue weighted by Crippen LogP contribution is 2.19. The smallest absolute Gasteiger partial charge is 0.248 e. The Kier molecular flexibility index (Phi) is 10.3. The number of ether oxygens (including phenoxy) is 2. The Morgan fingerprint density at radius 1 is 1.39 bits per heavy atom. The van der Waals surface area contributed by atoms with Crippen LogP contribution in [0.4, 0.5) is 0 Å². The summed E-state index contributed by atoms with van der Waals surface area (Å²) in [4.78, 5) is 13.9. The molecule has 0 aromatic heterocycles. The lowest BCUT2D eigenvalue weighted by Crippen LogP contribution is -2.46. The van der Waals surface area contributed by atoms with Crippen molar-refractivity contribution in [2.75, 3.05) is 40.0 Å². The van der Waals surface area contributed by atoms with Crippen LogP contribution in [0, 0.1) is 0 Å². The van der Waals surface area contributed by atoms with Gasteiger partial charge in [0.25, 0.3) is 0 Å². The van der Waals surface area contributed by atoms with E-state index in [1.807, 2.05) is 4.90 Å². The lowest BCUT2D eigenvalue weighted by Gasteiger charge is -2.35. The number of amides is 1. The molecule has 0 spiro atoms. The van der Waals surface area contributed by atoms with Gasteiger partial charge in [-0.05, 0) is 32.2 Å². The average Bonchev–Trinajstić information content (AvgIpc) is 2.35. The van der Waals surface area contributed by atoms with Gasteiger partial charge in [0.15, 0.2) is 0 Å². The van der Waals surface area contributed by atoms with Gasteiger partial charge in [0.1, 0.15) is 6.61 Å². The standard InChI is InChI=1S/C12H24N2O3.ClH/c1-16-8-9-17-10-12(15)14-7-3-2-4-11(14)5-6-13;/h11H,2-10,13H2,1H3;1H. The van der Waals surface area contributed by atoms with Crippen molar-refractivity contribution in [1.29, 1.82) is 0 Å². The number of hydrogen-bond donors (Lipinski definition) is 1. The third-order valence-corrected chi connectivity index (χ3v) is 3.10. The second-order valence-electron chi connectivity index (χ2n) is 4.36. The van der Waals surface area contributed by atoms with Crippen LogP contribution in [0.5, 0.6) is 0 Å². The molecule has 0 saturated carbocycles. The zero-order chi connectivity index (χ0) is 12.5. The van der Waals surface area contributed by atoms with Crippen LogP contribution in [0.1, 0.15) is 25.7 Å². The normalized spacial score (nSPS) is 19.4. The summed E-state index contributed by atoms with van der Waals surface area (Å²) in [5.74, 6) is 0.0826. The third-order valence-electron chi connectivity index (χ3n) is 3.10. The number of nitrogens with zero attached hydrogens (tertiary/aromatic N) is 1. The number of methoxy groups -OCH3 is 1. The molecule has 5 nitrogen and oxygen atoms in total. The highest BCUT2D eigenvalue weighted by molar-refractivity contribution is 5.85. The van der Waals surface area contributed by atoms with Crippen LogP contribution in [-0.2, 0) is 14.3 Å². The van der Waals surface area contributed by atoms with Crippen molar-refractivity contribution in [3.05, 3.63) is 0 Å². The number of halogens is 1. The molecule has 18 heavy (non-hydrogen) atoms. The zero-order valence-corrected chi connectivity index (χ0v) is 11.9. The van der Waals surface area contributed by atoms with Gasteiger partial charge in [-0.25, -0.2) is 0 Å². The SMILES string of the molecule is COCCOCC(=O)N1CCCCC1CCN.Cl. The van der Waals surface area contributed by atoms with Crippen LogP contribution in [0.15, 0.2) is 0 Å². The van der Waals surface area contributed by atoms with E-state index in [0.717, 1.165) is 25.8 Å². The van der Waals surface area contributed by atoms with Gasteiger partial charge in [-0.15, -0.1) is 12.4 Å². The van der Waals surface area contributed by atoms with Crippen molar-refractivity contribution < 1.29 is 14.3 Å². The number of carbonyl (C=O) groups is 1. The van der Waals surface area contributed by atoms with Crippen LogP contribution in [0.25, 0.3) is 0 Å². The summed E-state index contributed by atoms with van der Waals surface area (Å²) in [5.41, 5.74) is 5.58. The molecule has 1 atom stereocenters. The molecule has 1 saturated heterocycles. The first kappa shape index (κ1) is 17.6. The fourth-order valence-electron chi connectivity index (χ4n) is 2.21. The second kappa shape index (κ2) is 10.6. The van der Waals surface area contributed by atoms with E-state index in [9.17, 15) is 4.79 Å². The van der Waals surface area contributed by atoms with E-state index < -0.39 is 0 Å². The van der Waals surface area contributed by atoms with E-state index in [1.54, 1.807) is 7.11 Å². The van der Waals surface area contributed by atoms with E-state index in [-0.39, 0.29) is 24.9 Å². The van der Waals surface area contributed by atoms with Gasteiger partial charge >= 0.3 is 0 Å². The summed E-state index contributed by atoms with van der Waals surface area (Å²) in [7, 11) is 1.62. The molecule has 1 aliphatic rings. The van der Waals surface area contributed by atoms with Gasteiger partial charge in [-0.3, -0.25) is 4.79 Å². The number of rotatable bonds is 7. The minimum absolute atomic E-state index is 0. The Morgan fingerprint density at radius 2 is 2.17 bits per heavy atom. The molecule has 0 aromatic rings. The molecule has 1 aliphatic heterocycles. The predicted molar refractivity (Wildman–Crippen MR) is 73.0 cm³/mol. The van der Waals surface area contributed by atoms with Crippen molar-refractivity contribution in [3.63, 3.8) is 0 Å². The minimum atomic E-state index is 0. The summed E-state index contributed by atoms with van der Waals surface area (Å²) in [5, 5.41) is 0. The molecular formula is C12H25ClN2O3. The molecule has 0 aromatic carbocycles. The van der Waals surface area contributed by atoms with Crippen LogP contribution in [-0.4, -0.2) is 56.9 Å². The minimum Gasteiger partial charge on any atom is -0.382 e. The average molecular weight is 281 g/mol. The monoisotopic (exact) mass is 280 g/mol. The zero-order valence-electron chi connectivity index (χ0n) is 11.1. The highest BCUT2D eigenvalue weighted by atomic mass is 35.5.